The molecule has 0 bridgehead atoms. The van der Waals surface area contributed by atoms with Gasteiger partial charge in [-0.15, -0.1) is 10.2 Å². The Morgan fingerprint density at radius 2 is 2.10 bits per heavy atom. The van der Waals surface area contributed by atoms with Crippen LogP contribution in [0, 0.1) is 25.2 Å². The first-order chi connectivity index (χ1) is 10.1. The molecule has 1 aliphatic rings. The average molecular weight is 301 g/mol. The van der Waals surface area contributed by atoms with Gasteiger partial charge in [-0.25, -0.2) is 4.98 Å². The molecule has 0 atom stereocenters. The quantitative estimate of drug-likeness (QED) is 0.844. The van der Waals surface area contributed by atoms with E-state index in [2.05, 4.69) is 26.2 Å². The summed E-state index contributed by atoms with van der Waals surface area (Å²) in [6.45, 7) is 5.51. The van der Waals surface area contributed by atoms with E-state index in [1.165, 1.54) is 4.88 Å². The number of hydrogen-bond acceptors (Lipinski definition) is 7. The molecule has 7 heteroatoms. The molecule has 3 rings (SSSR count). The molecule has 0 N–H and O–H groups in total. The van der Waals surface area contributed by atoms with Crippen molar-refractivity contribution in [3.05, 3.63) is 27.4 Å². The summed E-state index contributed by atoms with van der Waals surface area (Å²) < 4.78 is 5.21. The molecule has 108 valence electrons. The number of ether oxygens (including phenoxy) is 1. The Morgan fingerprint density at radius 1 is 1.29 bits per heavy atom. The van der Waals surface area contributed by atoms with Gasteiger partial charge in [0.25, 0.3) is 5.19 Å². The molecule has 1 aliphatic heterocycles. The van der Waals surface area contributed by atoms with E-state index in [1.807, 2.05) is 13.8 Å². The van der Waals surface area contributed by atoms with Crippen molar-refractivity contribution in [2.24, 2.45) is 0 Å². The Balaban J connectivity index is 1.93. The second-order valence-corrected chi connectivity index (χ2v) is 6.01. The van der Waals surface area contributed by atoms with Gasteiger partial charge in [0.1, 0.15) is 6.07 Å². The summed E-state index contributed by atoms with van der Waals surface area (Å²) >= 11 is 1.58. The lowest BCUT2D eigenvalue weighted by Crippen LogP contribution is -2.31. The summed E-state index contributed by atoms with van der Waals surface area (Å²) in [4.78, 5) is 7.86. The maximum absolute atomic E-state index is 9.02. The highest BCUT2D eigenvalue weighted by Crippen LogP contribution is 2.32. The molecule has 2 aromatic heterocycles. The zero-order valence-electron chi connectivity index (χ0n) is 12.2. The number of anilines is 1. The van der Waals surface area contributed by atoms with E-state index in [9.17, 15) is 0 Å². The summed E-state index contributed by atoms with van der Waals surface area (Å²) in [5.41, 5.74) is 3.43. The van der Waals surface area contributed by atoms with Gasteiger partial charge in [-0.1, -0.05) is 11.3 Å². The first-order valence-corrected chi connectivity index (χ1v) is 7.47. The molecule has 3 heterocycles. The molecular weight excluding hydrogens is 286 g/mol. The van der Waals surface area contributed by atoms with Crippen LogP contribution in [0.1, 0.15) is 27.4 Å². The van der Waals surface area contributed by atoms with E-state index < -0.39 is 0 Å². The van der Waals surface area contributed by atoms with Crippen LogP contribution in [0.5, 0.6) is 5.19 Å². The predicted molar refractivity (Wildman–Crippen MR) is 79.6 cm³/mol. The number of thiazole rings is 1. The number of aromatic nitrogens is 3. The van der Waals surface area contributed by atoms with Crippen LogP contribution in [0.25, 0.3) is 0 Å². The lowest BCUT2D eigenvalue weighted by Gasteiger charge is -2.28. The Labute approximate surface area is 127 Å². The lowest BCUT2D eigenvalue weighted by atomic mass is 10.1. The van der Waals surface area contributed by atoms with Gasteiger partial charge in [0.2, 0.25) is 0 Å². The SMILES string of the molecule is COc1nc2c(s1)CN(c1nnc(C#N)c(C)c1C)CC2. The van der Waals surface area contributed by atoms with Gasteiger partial charge in [-0.3, -0.25) is 0 Å². The fourth-order valence-corrected chi connectivity index (χ4v) is 3.38. The monoisotopic (exact) mass is 301 g/mol. The Kier molecular flexibility index (Phi) is 3.47. The molecule has 0 unspecified atom stereocenters. The van der Waals surface area contributed by atoms with Crippen LogP contribution in [0.4, 0.5) is 5.82 Å². The molecule has 6 nitrogen and oxygen atoms in total. The number of methoxy groups -OCH3 is 1. The van der Waals surface area contributed by atoms with Crippen molar-refractivity contribution in [3.63, 3.8) is 0 Å². The Hall–Kier alpha value is -2.20. The van der Waals surface area contributed by atoms with Gasteiger partial charge >= 0.3 is 0 Å². The molecule has 0 saturated carbocycles. The first-order valence-electron chi connectivity index (χ1n) is 6.65. The minimum absolute atomic E-state index is 0.397. The average Bonchev–Trinajstić information content (AvgIpc) is 2.92. The molecule has 0 aliphatic carbocycles. The van der Waals surface area contributed by atoms with Crippen molar-refractivity contribution >= 4 is 17.2 Å². The molecule has 21 heavy (non-hydrogen) atoms. The fraction of sp³-hybridized carbons (Fsp3) is 0.429. The van der Waals surface area contributed by atoms with Crippen LogP contribution in [-0.4, -0.2) is 28.8 Å². The van der Waals surface area contributed by atoms with E-state index in [4.69, 9.17) is 10.00 Å². The molecule has 0 saturated heterocycles. The third kappa shape index (κ3) is 2.32. The normalized spacial score (nSPS) is 13.7. The molecule has 0 aromatic carbocycles. The van der Waals surface area contributed by atoms with Crippen molar-refractivity contribution in [2.75, 3.05) is 18.6 Å². The minimum Gasteiger partial charge on any atom is -0.473 e. The van der Waals surface area contributed by atoms with Crippen molar-refractivity contribution in [2.45, 2.75) is 26.8 Å². The highest BCUT2D eigenvalue weighted by Gasteiger charge is 2.24. The third-order valence-corrected chi connectivity index (χ3v) is 4.83. The summed E-state index contributed by atoms with van der Waals surface area (Å²) in [6, 6.07) is 2.08. The van der Waals surface area contributed by atoms with Crippen molar-refractivity contribution in [1.29, 1.82) is 5.26 Å². The zero-order chi connectivity index (χ0) is 15.0. The van der Waals surface area contributed by atoms with Crippen molar-refractivity contribution in [1.82, 2.24) is 15.2 Å². The van der Waals surface area contributed by atoms with E-state index >= 15 is 0 Å². The Morgan fingerprint density at radius 3 is 2.81 bits per heavy atom. The minimum atomic E-state index is 0.397. The third-order valence-electron chi connectivity index (χ3n) is 3.79. The molecule has 2 aromatic rings. The number of rotatable bonds is 2. The number of nitriles is 1. The molecular formula is C14H15N5OS. The molecule has 0 spiro atoms. The van der Waals surface area contributed by atoms with Crippen LogP contribution in [0.2, 0.25) is 0 Å². The second-order valence-electron chi connectivity index (χ2n) is 4.96. The van der Waals surface area contributed by atoms with Gasteiger partial charge < -0.3 is 9.64 Å². The number of hydrogen-bond donors (Lipinski definition) is 0. The van der Waals surface area contributed by atoms with Gasteiger partial charge in [-0.2, -0.15) is 5.26 Å². The first kappa shape index (κ1) is 13.8. The maximum Gasteiger partial charge on any atom is 0.273 e. The van der Waals surface area contributed by atoms with Crippen LogP contribution in [0.3, 0.4) is 0 Å². The van der Waals surface area contributed by atoms with Crippen LogP contribution in [-0.2, 0) is 13.0 Å². The standard InChI is InChI=1S/C14H15N5OS/c1-8-9(2)13(18-17-11(8)6-15)19-5-4-10-12(7-19)21-14(16-10)20-3/h4-5,7H2,1-3H3. The summed E-state index contributed by atoms with van der Waals surface area (Å²) in [7, 11) is 1.64. The molecule has 0 radical (unpaired) electrons. The predicted octanol–water partition coefficient (Wildman–Crippen LogP) is 1.99. The Bertz CT molecular complexity index is 734. The van der Waals surface area contributed by atoms with E-state index in [0.29, 0.717) is 10.9 Å². The number of fused-ring (bicyclic) bond motifs is 1. The smallest absolute Gasteiger partial charge is 0.273 e. The topological polar surface area (TPSA) is 74.9 Å². The van der Waals surface area contributed by atoms with Crippen LogP contribution < -0.4 is 9.64 Å². The summed E-state index contributed by atoms with van der Waals surface area (Å²) in [5.74, 6) is 0.851. The summed E-state index contributed by atoms with van der Waals surface area (Å²) in [6.07, 6.45) is 0.870. The van der Waals surface area contributed by atoms with Gasteiger partial charge in [0, 0.05) is 13.0 Å². The largest absolute Gasteiger partial charge is 0.473 e. The highest BCUT2D eigenvalue weighted by atomic mass is 32.1. The second kappa shape index (κ2) is 5.30. The van der Waals surface area contributed by atoms with Gasteiger partial charge in [0.15, 0.2) is 11.5 Å². The van der Waals surface area contributed by atoms with E-state index in [-0.39, 0.29) is 0 Å². The molecule has 0 amide bonds. The summed E-state index contributed by atoms with van der Waals surface area (Å²) in [5, 5.41) is 18.0. The lowest BCUT2D eigenvalue weighted by molar-refractivity contribution is 0.410. The van der Waals surface area contributed by atoms with Crippen molar-refractivity contribution < 1.29 is 4.74 Å². The van der Waals surface area contributed by atoms with Gasteiger partial charge in [0.05, 0.1) is 24.2 Å². The number of nitrogens with zero attached hydrogens (tertiary/aromatic N) is 5. The zero-order valence-corrected chi connectivity index (χ0v) is 13.0. The van der Waals surface area contributed by atoms with E-state index in [1.54, 1.807) is 18.4 Å². The van der Waals surface area contributed by atoms with Crippen LogP contribution in [0.15, 0.2) is 0 Å². The molecule has 0 fully saturated rings. The van der Waals surface area contributed by atoms with Gasteiger partial charge in [-0.05, 0) is 25.0 Å². The van der Waals surface area contributed by atoms with Crippen LogP contribution >= 0.6 is 11.3 Å². The highest BCUT2D eigenvalue weighted by molar-refractivity contribution is 7.13. The van der Waals surface area contributed by atoms with Crippen molar-refractivity contribution in [3.8, 4) is 11.3 Å². The van der Waals surface area contributed by atoms with E-state index in [0.717, 1.165) is 42.1 Å². The fourth-order valence-electron chi connectivity index (χ4n) is 2.44. The maximum atomic E-state index is 9.02.